The van der Waals surface area contributed by atoms with Crippen LogP contribution in [0.25, 0.3) is 0 Å². The molecule has 1 aliphatic heterocycles. The first kappa shape index (κ1) is 11.2. The number of aromatic amines is 1. The Labute approximate surface area is 97.3 Å². The van der Waals surface area contributed by atoms with Gasteiger partial charge in [-0.05, 0) is 18.9 Å². The number of nitrogens with one attached hydrogen (secondary N) is 1. The molecule has 1 saturated heterocycles. The van der Waals surface area contributed by atoms with Crippen LogP contribution in [0.3, 0.4) is 0 Å². The fourth-order valence-corrected chi connectivity index (χ4v) is 2.41. The summed E-state index contributed by atoms with van der Waals surface area (Å²) in [7, 11) is 0. The number of carbonyl (C=O) groups is 1. The molecule has 0 atom stereocenters. The van der Waals surface area contributed by atoms with Crippen LogP contribution in [0.2, 0.25) is 0 Å². The SMILES string of the molecule is O=C(CSc1ccnc(=O)[nH]1)N1CCCC1. The van der Waals surface area contributed by atoms with Gasteiger partial charge in [0, 0.05) is 19.3 Å². The summed E-state index contributed by atoms with van der Waals surface area (Å²) in [4.78, 5) is 30.6. The van der Waals surface area contributed by atoms with Crippen LogP contribution in [0.5, 0.6) is 0 Å². The Morgan fingerprint density at radius 1 is 1.50 bits per heavy atom. The Bertz CT molecular complexity index is 426. The average molecular weight is 239 g/mol. The molecule has 16 heavy (non-hydrogen) atoms. The molecule has 1 aromatic rings. The summed E-state index contributed by atoms with van der Waals surface area (Å²) in [6.45, 7) is 1.73. The lowest BCUT2D eigenvalue weighted by atomic mass is 10.4. The van der Waals surface area contributed by atoms with E-state index in [1.165, 1.54) is 18.0 Å². The summed E-state index contributed by atoms with van der Waals surface area (Å²) in [6, 6.07) is 1.70. The van der Waals surface area contributed by atoms with Crippen LogP contribution < -0.4 is 5.69 Å². The van der Waals surface area contributed by atoms with Crippen LogP contribution in [0.4, 0.5) is 0 Å². The molecule has 1 N–H and O–H groups in total. The van der Waals surface area contributed by atoms with Gasteiger partial charge in [-0.3, -0.25) is 4.79 Å². The second-order valence-electron chi connectivity index (χ2n) is 3.62. The van der Waals surface area contributed by atoms with Crippen molar-refractivity contribution in [3.05, 3.63) is 22.7 Å². The Hall–Kier alpha value is -1.30. The van der Waals surface area contributed by atoms with E-state index in [1.807, 2.05) is 4.90 Å². The molecule has 0 saturated carbocycles. The maximum Gasteiger partial charge on any atom is 0.345 e. The predicted octanol–water partition coefficient (Wildman–Crippen LogP) is 0.484. The maximum absolute atomic E-state index is 11.7. The molecule has 1 aromatic heterocycles. The van der Waals surface area contributed by atoms with Gasteiger partial charge in [0.2, 0.25) is 5.91 Å². The van der Waals surface area contributed by atoms with E-state index in [9.17, 15) is 9.59 Å². The zero-order valence-electron chi connectivity index (χ0n) is 8.81. The van der Waals surface area contributed by atoms with Crippen molar-refractivity contribution >= 4 is 17.7 Å². The van der Waals surface area contributed by atoms with Crippen LogP contribution in [0.1, 0.15) is 12.8 Å². The summed E-state index contributed by atoms with van der Waals surface area (Å²) in [5, 5.41) is 0.688. The summed E-state index contributed by atoms with van der Waals surface area (Å²) < 4.78 is 0. The first-order valence-electron chi connectivity index (χ1n) is 5.21. The van der Waals surface area contributed by atoms with Gasteiger partial charge in [-0.2, -0.15) is 0 Å². The third-order valence-electron chi connectivity index (χ3n) is 2.46. The van der Waals surface area contributed by atoms with Crippen molar-refractivity contribution < 1.29 is 4.79 Å². The Morgan fingerprint density at radius 2 is 2.25 bits per heavy atom. The molecule has 1 amide bonds. The molecule has 0 bridgehead atoms. The number of thioether (sulfide) groups is 1. The minimum absolute atomic E-state index is 0.139. The molecule has 86 valence electrons. The minimum Gasteiger partial charge on any atom is -0.342 e. The lowest BCUT2D eigenvalue weighted by Gasteiger charge is -2.14. The number of amides is 1. The molecule has 0 unspecified atom stereocenters. The van der Waals surface area contributed by atoms with Crippen molar-refractivity contribution in [1.82, 2.24) is 14.9 Å². The second kappa shape index (κ2) is 5.16. The summed E-state index contributed by atoms with van der Waals surface area (Å²) in [6.07, 6.45) is 3.65. The predicted molar refractivity (Wildman–Crippen MR) is 61.4 cm³/mol. The van der Waals surface area contributed by atoms with Gasteiger partial charge in [0.15, 0.2) is 0 Å². The molecule has 0 radical (unpaired) electrons. The zero-order valence-corrected chi connectivity index (χ0v) is 9.63. The van der Waals surface area contributed by atoms with Crippen LogP contribution >= 0.6 is 11.8 Å². The van der Waals surface area contributed by atoms with Crippen LogP contribution in [-0.2, 0) is 4.79 Å². The smallest absolute Gasteiger partial charge is 0.342 e. The summed E-state index contributed by atoms with van der Waals surface area (Å²) in [5.41, 5.74) is -0.376. The van der Waals surface area contributed by atoms with Crippen molar-refractivity contribution in [2.75, 3.05) is 18.8 Å². The van der Waals surface area contributed by atoms with Crippen LogP contribution in [0, 0.1) is 0 Å². The molecule has 1 fully saturated rings. The molecular formula is C10H13N3O2S. The molecular weight excluding hydrogens is 226 g/mol. The highest BCUT2D eigenvalue weighted by atomic mass is 32.2. The van der Waals surface area contributed by atoms with Gasteiger partial charge in [-0.25, -0.2) is 9.78 Å². The highest BCUT2D eigenvalue weighted by Crippen LogP contribution is 2.15. The van der Waals surface area contributed by atoms with Crippen molar-refractivity contribution in [3.63, 3.8) is 0 Å². The van der Waals surface area contributed by atoms with Gasteiger partial charge < -0.3 is 9.88 Å². The topological polar surface area (TPSA) is 66.1 Å². The third kappa shape index (κ3) is 2.85. The van der Waals surface area contributed by atoms with E-state index in [4.69, 9.17) is 0 Å². The van der Waals surface area contributed by atoms with Crippen molar-refractivity contribution in [1.29, 1.82) is 0 Å². The molecule has 0 aromatic carbocycles. The fourth-order valence-electron chi connectivity index (χ4n) is 1.63. The van der Waals surface area contributed by atoms with Gasteiger partial charge in [0.05, 0.1) is 10.8 Å². The van der Waals surface area contributed by atoms with E-state index in [0.717, 1.165) is 25.9 Å². The average Bonchev–Trinajstić information content (AvgIpc) is 2.79. The second-order valence-corrected chi connectivity index (χ2v) is 4.63. The number of hydrogen-bond donors (Lipinski definition) is 1. The van der Waals surface area contributed by atoms with Gasteiger partial charge >= 0.3 is 5.69 Å². The normalized spacial score (nSPS) is 15.4. The number of hydrogen-bond acceptors (Lipinski definition) is 4. The lowest BCUT2D eigenvalue weighted by Crippen LogP contribution is -2.29. The Balaban J connectivity index is 1.87. The summed E-state index contributed by atoms with van der Waals surface area (Å²) in [5.74, 6) is 0.514. The van der Waals surface area contributed by atoms with E-state index in [1.54, 1.807) is 6.07 Å². The maximum atomic E-state index is 11.7. The number of likely N-dealkylation sites (tertiary alicyclic amines) is 1. The molecule has 2 heterocycles. The monoisotopic (exact) mass is 239 g/mol. The Kier molecular flexibility index (Phi) is 3.61. The fraction of sp³-hybridized carbons (Fsp3) is 0.500. The quantitative estimate of drug-likeness (QED) is 0.615. The number of nitrogens with zero attached hydrogens (tertiary/aromatic N) is 2. The highest BCUT2D eigenvalue weighted by molar-refractivity contribution is 7.99. The molecule has 6 heteroatoms. The largest absolute Gasteiger partial charge is 0.345 e. The Morgan fingerprint density at radius 3 is 2.94 bits per heavy atom. The minimum atomic E-state index is -0.376. The van der Waals surface area contributed by atoms with Gasteiger partial charge in [-0.15, -0.1) is 0 Å². The van der Waals surface area contributed by atoms with Gasteiger partial charge in [0.25, 0.3) is 0 Å². The third-order valence-corrected chi connectivity index (χ3v) is 3.40. The zero-order chi connectivity index (χ0) is 11.4. The van der Waals surface area contributed by atoms with E-state index >= 15 is 0 Å². The van der Waals surface area contributed by atoms with Crippen molar-refractivity contribution in [2.45, 2.75) is 17.9 Å². The van der Waals surface area contributed by atoms with Gasteiger partial charge in [-0.1, -0.05) is 11.8 Å². The first-order chi connectivity index (χ1) is 7.75. The number of carbonyl (C=O) groups excluding carboxylic acids is 1. The van der Waals surface area contributed by atoms with E-state index < -0.39 is 0 Å². The molecule has 1 aliphatic rings. The molecule has 2 rings (SSSR count). The standard InChI is InChI=1S/C10H13N3O2S/c14-9(13-5-1-2-6-13)7-16-8-3-4-11-10(15)12-8/h3-4H,1-2,5-7H2,(H,11,12,15). The van der Waals surface area contributed by atoms with Crippen molar-refractivity contribution in [2.24, 2.45) is 0 Å². The van der Waals surface area contributed by atoms with Crippen molar-refractivity contribution in [3.8, 4) is 0 Å². The van der Waals surface area contributed by atoms with Crippen LogP contribution in [-0.4, -0.2) is 39.6 Å². The lowest BCUT2D eigenvalue weighted by molar-refractivity contribution is -0.127. The number of rotatable bonds is 3. The highest BCUT2D eigenvalue weighted by Gasteiger charge is 2.17. The van der Waals surface area contributed by atoms with E-state index in [-0.39, 0.29) is 11.6 Å². The number of aromatic nitrogens is 2. The van der Waals surface area contributed by atoms with Crippen LogP contribution in [0.15, 0.2) is 22.1 Å². The first-order valence-corrected chi connectivity index (χ1v) is 6.20. The van der Waals surface area contributed by atoms with E-state index in [2.05, 4.69) is 9.97 Å². The van der Waals surface area contributed by atoms with E-state index in [0.29, 0.717) is 10.8 Å². The summed E-state index contributed by atoms with van der Waals surface area (Å²) >= 11 is 1.34. The molecule has 0 aliphatic carbocycles. The molecule has 5 nitrogen and oxygen atoms in total. The van der Waals surface area contributed by atoms with Gasteiger partial charge in [0.1, 0.15) is 0 Å². The number of H-pyrrole nitrogens is 1. The molecule has 0 spiro atoms.